The molecular weight excluding hydrogens is 366 g/mol. The van der Waals surface area contributed by atoms with Crippen molar-refractivity contribution < 1.29 is 23.1 Å². The first kappa shape index (κ1) is 19.8. The Bertz CT molecular complexity index is 850. The Hall–Kier alpha value is -2.96. The molecule has 0 bridgehead atoms. The van der Waals surface area contributed by atoms with Gasteiger partial charge in [0.2, 0.25) is 11.8 Å². The highest BCUT2D eigenvalue weighted by atomic mass is 19.1. The fourth-order valence-corrected chi connectivity index (χ4v) is 3.06. The molecule has 3 rings (SSSR count). The van der Waals surface area contributed by atoms with Gasteiger partial charge < -0.3 is 15.4 Å². The van der Waals surface area contributed by atoms with E-state index in [-0.39, 0.29) is 11.8 Å². The summed E-state index contributed by atoms with van der Waals surface area (Å²) in [5.74, 6) is -0.641. The van der Waals surface area contributed by atoms with E-state index in [0.29, 0.717) is 56.6 Å². The minimum absolute atomic E-state index is 0.0229. The van der Waals surface area contributed by atoms with Gasteiger partial charge in [-0.2, -0.15) is 0 Å². The highest BCUT2D eigenvalue weighted by molar-refractivity contribution is 5.94. The number of benzene rings is 2. The Morgan fingerprint density at radius 3 is 2.68 bits per heavy atom. The highest BCUT2D eigenvalue weighted by Crippen LogP contribution is 2.26. The van der Waals surface area contributed by atoms with Crippen LogP contribution in [-0.4, -0.2) is 25.0 Å². The molecule has 5 nitrogen and oxygen atoms in total. The van der Waals surface area contributed by atoms with Gasteiger partial charge in [0.1, 0.15) is 17.4 Å². The number of rotatable bonds is 8. The Balaban J connectivity index is 1.34. The molecule has 2 aromatic rings. The van der Waals surface area contributed by atoms with E-state index in [1.165, 1.54) is 12.1 Å². The molecular formula is C21H22F2N2O3. The van der Waals surface area contributed by atoms with E-state index >= 15 is 0 Å². The second kappa shape index (κ2) is 9.30. The zero-order chi connectivity index (χ0) is 19.9. The van der Waals surface area contributed by atoms with Crippen molar-refractivity contribution in [3.05, 3.63) is 59.2 Å². The molecule has 0 saturated heterocycles. The summed E-state index contributed by atoms with van der Waals surface area (Å²) < 4.78 is 31.9. The van der Waals surface area contributed by atoms with Crippen LogP contribution in [0.15, 0.2) is 36.4 Å². The van der Waals surface area contributed by atoms with Gasteiger partial charge in [0.05, 0.1) is 6.61 Å². The lowest BCUT2D eigenvalue weighted by atomic mass is 10.0. The van der Waals surface area contributed by atoms with Crippen molar-refractivity contribution in [2.45, 2.75) is 32.1 Å². The second-order valence-corrected chi connectivity index (χ2v) is 6.70. The molecule has 0 aliphatic carbocycles. The summed E-state index contributed by atoms with van der Waals surface area (Å²) in [5.41, 5.74) is 2.37. The van der Waals surface area contributed by atoms with Gasteiger partial charge in [-0.15, -0.1) is 0 Å². The van der Waals surface area contributed by atoms with Crippen LogP contribution >= 0.6 is 0 Å². The van der Waals surface area contributed by atoms with Gasteiger partial charge in [0, 0.05) is 31.1 Å². The topological polar surface area (TPSA) is 67.4 Å². The number of nitrogens with one attached hydrogen (secondary N) is 2. The molecule has 148 valence electrons. The number of aryl methyl sites for hydroxylation is 1. The van der Waals surface area contributed by atoms with Gasteiger partial charge >= 0.3 is 0 Å². The van der Waals surface area contributed by atoms with Gasteiger partial charge in [0.25, 0.3) is 0 Å². The average molecular weight is 388 g/mol. The number of carbonyl (C=O) groups excluding carboxylic acids is 2. The van der Waals surface area contributed by atoms with Crippen molar-refractivity contribution >= 4 is 17.5 Å². The summed E-state index contributed by atoms with van der Waals surface area (Å²) in [4.78, 5) is 23.2. The Kier molecular flexibility index (Phi) is 6.57. The Morgan fingerprint density at radius 2 is 1.89 bits per heavy atom. The quantitative estimate of drug-likeness (QED) is 0.682. The van der Waals surface area contributed by atoms with E-state index in [0.717, 1.165) is 17.3 Å². The third-order valence-corrected chi connectivity index (χ3v) is 4.45. The van der Waals surface area contributed by atoms with Crippen LogP contribution in [0.4, 0.5) is 14.5 Å². The summed E-state index contributed by atoms with van der Waals surface area (Å²) in [6.07, 6.45) is 2.38. The minimum atomic E-state index is -0.622. The maximum absolute atomic E-state index is 13.1. The molecule has 0 spiro atoms. The number of carbonyl (C=O) groups is 2. The van der Waals surface area contributed by atoms with Crippen LogP contribution in [0.1, 0.15) is 30.4 Å². The van der Waals surface area contributed by atoms with Crippen LogP contribution in [-0.2, 0) is 22.4 Å². The molecule has 7 heteroatoms. The van der Waals surface area contributed by atoms with Crippen LogP contribution in [0.25, 0.3) is 0 Å². The molecule has 2 amide bonds. The standard InChI is InChI=1S/C21H22F2N2O3/c22-16-10-14(11-17(23)13-16)7-8-24-20(26)2-1-9-28-18-4-5-19-15(12-18)3-6-21(27)25-19/h4-5,10-13H,1-3,6-9H2,(H,24,26)(H,25,27). The molecule has 0 radical (unpaired) electrons. The molecule has 0 atom stereocenters. The van der Waals surface area contributed by atoms with Gasteiger partial charge in [0.15, 0.2) is 0 Å². The predicted octanol–water partition coefficient (Wildman–Crippen LogP) is 3.37. The van der Waals surface area contributed by atoms with E-state index in [4.69, 9.17) is 4.74 Å². The van der Waals surface area contributed by atoms with Crippen molar-refractivity contribution in [2.75, 3.05) is 18.5 Å². The maximum Gasteiger partial charge on any atom is 0.224 e. The van der Waals surface area contributed by atoms with Gasteiger partial charge in [-0.3, -0.25) is 9.59 Å². The summed E-state index contributed by atoms with van der Waals surface area (Å²) in [6, 6.07) is 8.86. The molecule has 1 heterocycles. The largest absolute Gasteiger partial charge is 0.494 e. The fourth-order valence-electron chi connectivity index (χ4n) is 3.06. The molecule has 0 fully saturated rings. The predicted molar refractivity (Wildman–Crippen MR) is 101 cm³/mol. The van der Waals surface area contributed by atoms with Crippen LogP contribution < -0.4 is 15.4 Å². The smallest absolute Gasteiger partial charge is 0.224 e. The van der Waals surface area contributed by atoms with Crippen LogP contribution in [0.2, 0.25) is 0 Å². The SMILES string of the molecule is O=C(CCCOc1ccc2c(c1)CCC(=O)N2)NCCc1cc(F)cc(F)c1. The van der Waals surface area contributed by atoms with Crippen molar-refractivity contribution in [2.24, 2.45) is 0 Å². The molecule has 28 heavy (non-hydrogen) atoms. The van der Waals surface area contributed by atoms with Gasteiger partial charge in [-0.25, -0.2) is 8.78 Å². The van der Waals surface area contributed by atoms with E-state index in [1.807, 2.05) is 12.1 Å². The summed E-state index contributed by atoms with van der Waals surface area (Å²) in [5, 5.41) is 5.55. The third kappa shape index (κ3) is 5.77. The van der Waals surface area contributed by atoms with Crippen molar-refractivity contribution in [3.63, 3.8) is 0 Å². The zero-order valence-electron chi connectivity index (χ0n) is 15.4. The van der Waals surface area contributed by atoms with E-state index in [2.05, 4.69) is 10.6 Å². The second-order valence-electron chi connectivity index (χ2n) is 6.70. The third-order valence-electron chi connectivity index (χ3n) is 4.45. The van der Waals surface area contributed by atoms with Crippen molar-refractivity contribution in [1.82, 2.24) is 5.32 Å². The molecule has 1 aliphatic heterocycles. The fraction of sp³-hybridized carbons (Fsp3) is 0.333. The van der Waals surface area contributed by atoms with Crippen LogP contribution in [0.5, 0.6) is 5.75 Å². The number of halogens is 2. The summed E-state index contributed by atoms with van der Waals surface area (Å²) in [6.45, 7) is 0.715. The Labute approximate surface area is 162 Å². The normalized spacial score (nSPS) is 12.9. The number of hydrogen-bond acceptors (Lipinski definition) is 3. The lowest BCUT2D eigenvalue weighted by molar-refractivity contribution is -0.121. The molecule has 0 unspecified atom stereocenters. The van der Waals surface area contributed by atoms with Gasteiger partial charge in [-0.05, 0) is 60.7 Å². The number of ether oxygens (including phenoxy) is 1. The van der Waals surface area contributed by atoms with Crippen LogP contribution in [0.3, 0.4) is 0 Å². The molecule has 0 saturated carbocycles. The summed E-state index contributed by atoms with van der Waals surface area (Å²) >= 11 is 0. The molecule has 2 N–H and O–H groups in total. The van der Waals surface area contributed by atoms with Crippen LogP contribution in [0, 0.1) is 11.6 Å². The number of anilines is 1. The van der Waals surface area contributed by atoms with E-state index < -0.39 is 11.6 Å². The minimum Gasteiger partial charge on any atom is -0.494 e. The first-order valence-corrected chi connectivity index (χ1v) is 9.27. The average Bonchev–Trinajstić information content (AvgIpc) is 2.64. The van der Waals surface area contributed by atoms with Crippen molar-refractivity contribution in [1.29, 1.82) is 0 Å². The van der Waals surface area contributed by atoms with E-state index in [1.54, 1.807) is 6.07 Å². The molecule has 1 aliphatic rings. The highest BCUT2D eigenvalue weighted by Gasteiger charge is 2.15. The maximum atomic E-state index is 13.1. The Morgan fingerprint density at radius 1 is 1.11 bits per heavy atom. The number of fused-ring (bicyclic) bond motifs is 1. The zero-order valence-corrected chi connectivity index (χ0v) is 15.4. The number of amides is 2. The first-order chi connectivity index (χ1) is 13.5. The number of hydrogen-bond donors (Lipinski definition) is 2. The lowest BCUT2D eigenvalue weighted by Crippen LogP contribution is -2.25. The molecule has 2 aromatic carbocycles. The van der Waals surface area contributed by atoms with Crippen molar-refractivity contribution in [3.8, 4) is 5.75 Å². The van der Waals surface area contributed by atoms with Gasteiger partial charge in [-0.1, -0.05) is 0 Å². The molecule has 0 aromatic heterocycles. The summed E-state index contributed by atoms with van der Waals surface area (Å²) in [7, 11) is 0. The van der Waals surface area contributed by atoms with E-state index in [9.17, 15) is 18.4 Å². The first-order valence-electron chi connectivity index (χ1n) is 9.27. The monoisotopic (exact) mass is 388 g/mol. The lowest BCUT2D eigenvalue weighted by Gasteiger charge is -2.17.